The van der Waals surface area contributed by atoms with Gasteiger partial charge in [0.15, 0.2) is 0 Å². The number of nitrogens with one attached hydrogen (secondary N) is 2. The molecule has 0 amide bonds. The fourth-order valence-corrected chi connectivity index (χ4v) is 6.79. The number of rotatable bonds is 10. The number of nitrogens with zero attached hydrogens (tertiary/aromatic N) is 4. The Morgan fingerprint density at radius 3 is 2.63 bits per heavy atom. The summed E-state index contributed by atoms with van der Waals surface area (Å²) in [5.41, 5.74) is 3.56. The monoisotopic (exact) mass is 540 g/mol. The van der Waals surface area contributed by atoms with Gasteiger partial charge in [0, 0.05) is 37.8 Å². The molecule has 5 N–H and O–H groups in total. The Balaban J connectivity index is 1.31. The number of ether oxygens (including phenoxy) is 1. The number of pyridine rings is 1. The number of thiazole rings is 1. The average Bonchev–Trinajstić information content (AvgIpc) is 3.58. The number of fused-ring (bicyclic) bond motifs is 1. The van der Waals surface area contributed by atoms with Crippen LogP contribution in [0.5, 0.6) is 0 Å². The third-order valence-corrected chi connectivity index (χ3v) is 9.14. The van der Waals surface area contributed by atoms with Crippen molar-refractivity contribution < 1.29 is 20.1 Å². The lowest BCUT2D eigenvalue weighted by molar-refractivity contribution is -0.0205. The van der Waals surface area contributed by atoms with Crippen molar-refractivity contribution in [3.05, 3.63) is 23.7 Å². The SMILES string of the molecule is CCO[C@H]1C[C@@H](CNc2nc(C)c(-c3nc4c(C5CC5)nccc4s3)c(N[C@@H]3C[C@H](CO)[C@@H](O)[C@H]3O)n2)C1. The van der Waals surface area contributed by atoms with Crippen molar-refractivity contribution in [2.75, 3.05) is 30.4 Å². The van der Waals surface area contributed by atoms with Gasteiger partial charge in [-0.05, 0) is 57.9 Å². The molecule has 0 unspecified atom stereocenters. The van der Waals surface area contributed by atoms with Gasteiger partial charge in [-0.15, -0.1) is 11.3 Å². The minimum absolute atomic E-state index is 0.183. The third kappa shape index (κ3) is 4.98. The first-order valence-corrected chi connectivity index (χ1v) is 14.5. The van der Waals surface area contributed by atoms with Gasteiger partial charge < -0.3 is 30.7 Å². The van der Waals surface area contributed by atoms with Crippen LogP contribution in [0.1, 0.15) is 56.3 Å². The number of aliphatic hydroxyl groups is 3. The van der Waals surface area contributed by atoms with Crippen LogP contribution in [0.25, 0.3) is 20.8 Å². The molecule has 0 aromatic carbocycles. The Morgan fingerprint density at radius 2 is 1.92 bits per heavy atom. The van der Waals surface area contributed by atoms with Crippen LogP contribution in [0, 0.1) is 18.8 Å². The maximum atomic E-state index is 10.7. The molecule has 0 aliphatic heterocycles. The van der Waals surface area contributed by atoms with Crippen molar-refractivity contribution >= 4 is 33.3 Å². The quantitative estimate of drug-likeness (QED) is 0.260. The minimum atomic E-state index is -1.02. The van der Waals surface area contributed by atoms with Crippen molar-refractivity contribution in [2.45, 2.75) is 76.2 Å². The van der Waals surface area contributed by atoms with E-state index in [-0.39, 0.29) is 6.61 Å². The maximum absolute atomic E-state index is 10.7. The van der Waals surface area contributed by atoms with Crippen LogP contribution in [-0.4, -0.2) is 79.4 Å². The zero-order valence-corrected chi connectivity index (χ0v) is 22.6. The second-order valence-corrected chi connectivity index (χ2v) is 11.9. The molecular weight excluding hydrogens is 504 g/mol. The van der Waals surface area contributed by atoms with Crippen LogP contribution in [0.4, 0.5) is 11.8 Å². The van der Waals surface area contributed by atoms with Crippen molar-refractivity contribution in [3.8, 4) is 10.6 Å². The summed E-state index contributed by atoms with van der Waals surface area (Å²) in [5, 5.41) is 38.3. The van der Waals surface area contributed by atoms with Gasteiger partial charge in [0.25, 0.3) is 0 Å². The van der Waals surface area contributed by atoms with E-state index < -0.39 is 24.2 Å². The van der Waals surface area contributed by atoms with E-state index in [2.05, 4.69) is 15.6 Å². The lowest BCUT2D eigenvalue weighted by Gasteiger charge is -2.35. The van der Waals surface area contributed by atoms with E-state index in [0.717, 1.165) is 71.0 Å². The summed E-state index contributed by atoms with van der Waals surface area (Å²) in [6, 6.07) is 1.54. The minimum Gasteiger partial charge on any atom is -0.396 e. The second-order valence-electron chi connectivity index (χ2n) is 10.9. The molecule has 0 bridgehead atoms. The summed E-state index contributed by atoms with van der Waals surface area (Å²) >= 11 is 1.59. The number of hydrogen-bond donors (Lipinski definition) is 5. The first-order valence-electron chi connectivity index (χ1n) is 13.7. The number of aryl methyl sites for hydroxylation is 1. The highest BCUT2D eigenvalue weighted by molar-refractivity contribution is 7.21. The molecule has 0 radical (unpaired) electrons. The fraction of sp³-hybridized carbons (Fsp3) is 0.630. The summed E-state index contributed by atoms with van der Waals surface area (Å²) < 4.78 is 6.76. The van der Waals surface area contributed by atoms with Crippen LogP contribution in [-0.2, 0) is 4.74 Å². The molecule has 3 heterocycles. The Bertz CT molecular complexity index is 1290. The highest BCUT2D eigenvalue weighted by atomic mass is 32.1. The van der Waals surface area contributed by atoms with Gasteiger partial charge in [-0.1, -0.05) is 0 Å². The number of anilines is 2. The van der Waals surface area contributed by atoms with Crippen molar-refractivity contribution in [1.82, 2.24) is 19.9 Å². The van der Waals surface area contributed by atoms with E-state index in [4.69, 9.17) is 19.7 Å². The molecule has 4 atom stereocenters. The molecule has 6 rings (SSSR count). The van der Waals surface area contributed by atoms with E-state index in [9.17, 15) is 15.3 Å². The topological polar surface area (TPSA) is 146 Å². The smallest absolute Gasteiger partial charge is 0.224 e. The summed E-state index contributed by atoms with van der Waals surface area (Å²) in [6.07, 6.45) is 4.98. The molecule has 38 heavy (non-hydrogen) atoms. The highest BCUT2D eigenvalue weighted by Crippen LogP contribution is 2.44. The van der Waals surface area contributed by atoms with Crippen LogP contribution in [0.15, 0.2) is 12.3 Å². The van der Waals surface area contributed by atoms with Gasteiger partial charge in [-0.2, -0.15) is 4.98 Å². The molecule has 10 nitrogen and oxygen atoms in total. The Labute approximate surface area is 225 Å². The van der Waals surface area contributed by atoms with Gasteiger partial charge in [0.05, 0.1) is 39.9 Å². The lowest BCUT2D eigenvalue weighted by atomic mass is 9.82. The molecule has 0 saturated heterocycles. The summed E-state index contributed by atoms with van der Waals surface area (Å²) in [5.74, 6) is 1.69. The molecule has 3 aliphatic rings. The standard InChI is InChI=1S/C27H36N6O4S/c1-3-37-17-8-14(9-17)11-29-27-30-13(2)20(25(33-27)31-18-10-16(12-34)23(35)24(18)36)26-32-22-19(38-26)6-7-28-21(22)15-4-5-15/h6-7,14-18,23-24,34-36H,3-5,8-12H2,1-2H3,(H2,29,30,31,33)/t14-,16-,17+,18-,23-,24+/m1/s1. The van der Waals surface area contributed by atoms with Crippen LogP contribution >= 0.6 is 11.3 Å². The third-order valence-electron chi connectivity index (χ3n) is 8.11. The van der Waals surface area contributed by atoms with E-state index in [1.807, 2.05) is 26.1 Å². The van der Waals surface area contributed by atoms with Gasteiger partial charge in [-0.25, -0.2) is 9.97 Å². The molecule has 3 aromatic heterocycles. The van der Waals surface area contributed by atoms with E-state index in [0.29, 0.717) is 36.1 Å². The largest absolute Gasteiger partial charge is 0.396 e. The summed E-state index contributed by atoms with van der Waals surface area (Å²) in [6.45, 7) is 5.29. The molecule has 11 heteroatoms. The normalized spacial score (nSPS) is 29.0. The van der Waals surface area contributed by atoms with E-state index >= 15 is 0 Å². The molecule has 3 fully saturated rings. The van der Waals surface area contributed by atoms with E-state index in [1.165, 1.54) is 0 Å². The fourth-order valence-electron chi connectivity index (χ4n) is 5.72. The summed E-state index contributed by atoms with van der Waals surface area (Å²) in [7, 11) is 0. The Morgan fingerprint density at radius 1 is 1.11 bits per heavy atom. The average molecular weight is 541 g/mol. The first-order chi connectivity index (χ1) is 18.4. The van der Waals surface area contributed by atoms with Gasteiger partial charge >= 0.3 is 0 Å². The molecule has 204 valence electrons. The Hall–Kier alpha value is -2.44. The van der Waals surface area contributed by atoms with Crippen molar-refractivity contribution in [1.29, 1.82) is 0 Å². The van der Waals surface area contributed by atoms with Crippen LogP contribution < -0.4 is 10.6 Å². The van der Waals surface area contributed by atoms with Gasteiger partial charge in [0.1, 0.15) is 22.4 Å². The zero-order chi connectivity index (χ0) is 26.4. The number of hydrogen-bond acceptors (Lipinski definition) is 11. The van der Waals surface area contributed by atoms with Gasteiger partial charge in [-0.3, -0.25) is 4.98 Å². The van der Waals surface area contributed by atoms with Crippen molar-refractivity contribution in [3.63, 3.8) is 0 Å². The van der Waals surface area contributed by atoms with Crippen LogP contribution in [0.3, 0.4) is 0 Å². The number of aliphatic hydroxyl groups excluding tert-OH is 3. The summed E-state index contributed by atoms with van der Waals surface area (Å²) in [4.78, 5) is 19.2. The van der Waals surface area contributed by atoms with E-state index in [1.54, 1.807) is 11.3 Å². The lowest BCUT2D eigenvalue weighted by Crippen LogP contribution is -2.36. The predicted octanol–water partition coefficient (Wildman–Crippen LogP) is 3.08. The Kier molecular flexibility index (Phi) is 7.21. The first kappa shape index (κ1) is 25.8. The zero-order valence-electron chi connectivity index (χ0n) is 21.8. The number of aromatic nitrogens is 4. The van der Waals surface area contributed by atoms with Gasteiger partial charge in [0.2, 0.25) is 5.95 Å². The molecule has 3 saturated carbocycles. The van der Waals surface area contributed by atoms with Crippen LogP contribution in [0.2, 0.25) is 0 Å². The molecular formula is C27H36N6O4S. The highest BCUT2D eigenvalue weighted by Gasteiger charge is 2.42. The molecule has 3 aromatic rings. The maximum Gasteiger partial charge on any atom is 0.224 e. The second kappa shape index (κ2) is 10.6. The van der Waals surface area contributed by atoms with Crippen molar-refractivity contribution in [2.24, 2.45) is 11.8 Å². The predicted molar refractivity (Wildman–Crippen MR) is 146 cm³/mol. The molecule has 0 spiro atoms. The molecule has 3 aliphatic carbocycles.